The highest BCUT2D eigenvalue weighted by Crippen LogP contribution is 2.40. The molecule has 0 radical (unpaired) electrons. The first-order valence-corrected chi connectivity index (χ1v) is 9.23. The summed E-state index contributed by atoms with van der Waals surface area (Å²) in [5.74, 6) is -0.527. The Morgan fingerprint density at radius 1 is 1.29 bits per heavy atom. The molecular weight excluding hydrogens is 366 g/mol. The summed E-state index contributed by atoms with van der Waals surface area (Å²) in [6.45, 7) is 1.91. The van der Waals surface area contributed by atoms with Crippen LogP contribution in [-0.2, 0) is 16.0 Å². The summed E-state index contributed by atoms with van der Waals surface area (Å²) in [4.78, 5) is 23.4. The number of rotatable bonds is 4. The molecule has 2 atom stereocenters. The summed E-state index contributed by atoms with van der Waals surface area (Å²) in [5, 5.41) is 5.41. The SMILES string of the molecule is Cc1cc(-c2cc(F)cc3c2OC(CNC(=O)[C@@H]2CCC(=O)N2)C3)ccc1F. The van der Waals surface area contributed by atoms with E-state index in [9.17, 15) is 18.4 Å². The summed E-state index contributed by atoms with van der Waals surface area (Å²) in [5.41, 5.74) is 2.42. The normalized spacial score (nSPS) is 20.5. The summed E-state index contributed by atoms with van der Waals surface area (Å²) in [6.07, 6.45) is 0.953. The van der Waals surface area contributed by atoms with E-state index in [1.807, 2.05) is 0 Å². The zero-order valence-electron chi connectivity index (χ0n) is 15.4. The van der Waals surface area contributed by atoms with Crippen LogP contribution in [0.5, 0.6) is 5.75 Å². The van der Waals surface area contributed by atoms with Gasteiger partial charge in [0.25, 0.3) is 0 Å². The zero-order valence-corrected chi connectivity index (χ0v) is 15.4. The maximum Gasteiger partial charge on any atom is 0.242 e. The van der Waals surface area contributed by atoms with Crippen molar-refractivity contribution in [3.05, 3.63) is 53.1 Å². The molecule has 1 unspecified atom stereocenters. The quantitative estimate of drug-likeness (QED) is 0.849. The minimum Gasteiger partial charge on any atom is -0.487 e. The van der Waals surface area contributed by atoms with Crippen molar-refractivity contribution in [2.45, 2.75) is 38.3 Å². The Kier molecular flexibility index (Phi) is 4.75. The van der Waals surface area contributed by atoms with E-state index in [1.165, 1.54) is 18.2 Å². The molecule has 0 saturated carbocycles. The Morgan fingerprint density at radius 2 is 2.11 bits per heavy atom. The second-order valence-electron chi connectivity index (χ2n) is 7.25. The number of hydrogen-bond donors (Lipinski definition) is 2. The van der Waals surface area contributed by atoms with Crippen molar-refractivity contribution < 1.29 is 23.1 Å². The topological polar surface area (TPSA) is 67.4 Å². The Morgan fingerprint density at radius 3 is 2.82 bits per heavy atom. The minimum absolute atomic E-state index is 0.126. The third-order valence-electron chi connectivity index (χ3n) is 5.15. The Hall–Kier alpha value is -2.96. The minimum atomic E-state index is -0.508. The molecule has 146 valence electrons. The average Bonchev–Trinajstić information content (AvgIpc) is 3.27. The van der Waals surface area contributed by atoms with Gasteiger partial charge < -0.3 is 15.4 Å². The number of carbonyl (C=O) groups excluding carboxylic acids is 2. The number of carbonyl (C=O) groups is 2. The maximum absolute atomic E-state index is 14.1. The van der Waals surface area contributed by atoms with E-state index in [4.69, 9.17) is 4.74 Å². The van der Waals surface area contributed by atoms with Crippen molar-refractivity contribution in [1.29, 1.82) is 0 Å². The monoisotopic (exact) mass is 386 g/mol. The van der Waals surface area contributed by atoms with Crippen molar-refractivity contribution in [2.75, 3.05) is 6.54 Å². The lowest BCUT2D eigenvalue weighted by Gasteiger charge is -2.16. The van der Waals surface area contributed by atoms with Crippen LogP contribution in [-0.4, -0.2) is 30.5 Å². The number of ether oxygens (including phenoxy) is 1. The van der Waals surface area contributed by atoms with Crippen LogP contribution in [0.2, 0.25) is 0 Å². The van der Waals surface area contributed by atoms with Crippen LogP contribution in [0.3, 0.4) is 0 Å². The average molecular weight is 386 g/mol. The fraction of sp³-hybridized carbons (Fsp3) is 0.333. The van der Waals surface area contributed by atoms with E-state index >= 15 is 0 Å². The first-order chi connectivity index (χ1) is 13.4. The second-order valence-corrected chi connectivity index (χ2v) is 7.25. The van der Waals surface area contributed by atoms with Crippen molar-refractivity contribution in [3.8, 4) is 16.9 Å². The number of benzene rings is 2. The van der Waals surface area contributed by atoms with Gasteiger partial charge in [-0.1, -0.05) is 6.07 Å². The van der Waals surface area contributed by atoms with Crippen LogP contribution in [0.25, 0.3) is 11.1 Å². The molecule has 2 heterocycles. The van der Waals surface area contributed by atoms with E-state index in [2.05, 4.69) is 10.6 Å². The molecule has 2 aromatic carbocycles. The molecule has 7 heteroatoms. The smallest absolute Gasteiger partial charge is 0.242 e. The molecule has 2 aliphatic rings. The van der Waals surface area contributed by atoms with E-state index in [0.29, 0.717) is 47.3 Å². The summed E-state index contributed by atoms with van der Waals surface area (Å²) in [6, 6.07) is 6.90. The summed E-state index contributed by atoms with van der Waals surface area (Å²) < 4.78 is 33.7. The molecule has 2 aromatic rings. The number of fused-ring (bicyclic) bond motifs is 1. The molecule has 2 N–H and O–H groups in total. The van der Waals surface area contributed by atoms with E-state index in [-0.39, 0.29) is 30.3 Å². The van der Waals surface area contributed by atoms with Gasteiger partial charge in [-0.3, -0.25) is 9.59 Å². The zero-order chi connectivity index (χ0) is 19.8. The molecule has 0 bridgehead atoms. The number of amides is 2. The van der Waals surface area contributed by atoms with Crippen LogP contribution < -0.4 is 15.4 Å². The molecule has 0 aliphatic carbocycles. The summed E-state index contributed by atoms with van der Waals surface area (Å²) in [7, 11) is 0. The van der Waals surface area contributed by atoms with Gasteiger partial charge in [0, 0.05) is 24.0 Å². The van der Waals surface area contributed by atoms with Crippen molar-refractivity contribution in [3.63, 3.8) is 0 Å². The first kappa shape index (κ1) is 18.4. The fourth-order valence-electron chi connectivity index (χ4n) is 3.68. The van der Waals surface area contributed by atoms with Crippen LogP contribution in [0.15, 0.2) is 30.3 Å². The number of nitrogens with one attached hydrogen (secondary N) is 2. The number of aryl methyl sites for hydroxylation is 1. The molecule has 5 nitrogen and oxygen atoms in total. The molecule has 2 aliphatic heterocycles. The van der Waals surface area contributed by atoms with E-state index < -0.39 is 11.9 Å². The highest BCUT2D eigenvalue weighted by atomic mass is 19.1. The van der Waals surface area contributed by atoms with Crippen LogP contribution in [0.1, 0.15) is 24.0 Å². The van der Waals surface area contributed by atoms with Gasteiger partial charge in [-0.05, 0) is 48.7 Å². The predicted octanol–water partition coefficient (Wildman–Crippen LogP) is 2.64. The standard InChI is InChI=1S/C21H20F2N2O3/c1-11-6-12(2-3-17(11)23)16-9-14(22)7-13-8-15(28-20(13)16)10-24-21(27)18-4-5-19(26)25-18/h2-3,6-7,9,15,18H,4-5,8,10H2,1H3,(H,24,27)(H,25,26)/t15?,18-/m0/s1. The lowest BCUT2D eigenvalue weighted by Crippen LogP contribution is -2.44. The van der Waals surface area contributed by atoms with Gasteiger partial charge in [-0.2, -0.15) is 0 Å². The van der Waals surface area contributed by atoms with E-state index in [1.54, 1.807) is 19.1 Å². The van der Waals surface area contributed by atoms with Gasteiger partial charge >= 0.3 is 0 Å². The molecular formula is C21H20F2N2O3. The highest BCUT2D eigenvalue weighted by molar-refractivity contribution is 5.90. The van der Waals surface area contributed by atoms with Gasteiger partial charge in [0.15, 0.2) is 0 Å². The van der Waals surface area contributed by atoms with Gasteiger partial charge in [0.1, 0.15) is 29.5 Å². The van der Waals surface area contributed by atoms with Crippen molar-refractivity contribution >= 4 is 11.8 Å². The molecule has 1 fully saturated rings. The Balaban J connectivity index is 1.49. The predicted molar refractivity (Wildman–Crippen MR) is 98.8 cm³/mol. The number of halogens is 2. The third-order valence-corrected chi connectivity index (χ3v) is 5.15. The van der Waals surface area contributed by atoms with Crippen LogP contribution in [0.4, 0.5) is 8.78 Å². The summed E-state index contributed by atoms with van der Waals surface area (Å²) >= 11 is 0. The van der Waals surface area contributed by atoms with Gasteiger partial charge in [-0.15, -0.1) is 0 Å². The van der Waals surface area contributed by atoms with Crippen LogP contribution in [0, 0.1) is 18.6 Å². The molecule has 28 heavy (non-hydrogen) atoms. The number of hydrogen-bond acceptors (Lipinski definition) is 3. The second kappa shape index (κ2) is 7.22. The molecule has 2 amide bonds. The fourth-order valence-corrected chi connectivity index (χ4v) is 3.68. The Bertz CT molecular complexity index is 961. The van der Waals surface area contributed by atoms with Gasteiger partial charge in [-0.25, -0.2) is 8.78 Å². The first-order valence-electron chi connectivity index (χ1n) is 9.23. The Labute approximate surface area is 161 Å². The molecule has 4 rings (SSSR count). The molecule has 1 saturated heterocycles. The highest BCUT2D eigenvalue weighted by Gasteiger charge is 2.30. The lowest BCUT2D eigenvalue weighted by atomic mass is 9.99. The van der Waals surface area contributed by atoms with Crippen LogP contribution >= 0.6 is 0 Å². The van der Waals surface area contributed by atoms with Crippen molar-refractivity contribution in [1.82, 2.24) is 10.6 Å². The van der Waals surface area contributed by atoms with Gasteiger partial charge in [0.2, 0.25) is 11.8 Å². The maximum atomic E-state index is 14.1. The largest absolute Gasteiger partial charge is 0.487 e. The van der Waals surface area contributed by atoms with Crippen molar-refractivity contribution in [2.24, 2.45) is 0 Å². The lowest BCUT2D eigenvalue weighted by molar-refractivity contribution is -0.126. The molecule has 0 spiro atoms. The van der Waals surface area contributed by atoms with E-state index in [0.717, 1.165) is 0 Å². The van der Waals surface area contributed by atoms with Gasteiger partial charge in [0.05, 0.1) is 6.54 Å². The molecule has 0 aromatic heterocycles. The third kappa shape index (κ3) is 3.56.